The van der Waals surface area contributed by atoms with Gasteiger partial charge in [-0.05, 0) is 11.5 Å². The molecule has 0 aromatic heterocycles. The first kappa shape index (κ1) is 10.7. The molecule has 0 saturated carbocycles. The summed E-state index contributed by atoms with van der Waals surface area (Å²) in [6, 6.07) is 7.70. The summed E-state index contributed by atoms with van der Waals surface area (Å²) in [6.07, 6.45) is 0. The van der Waals surface area contributed by atoms with Gasteiger partial charge in [0.15, 0.2) is 11.5 Å². The van der Waals surface area contributed by atoms with Crippen LogP contribution in [-0.4, -0.2) is 18.6 Å². The fourth-order valence-corrected chi connectivity index (χ4v) is 2.44. The summed E-state index contributed by atoms with van der Waals surface area (Å²) in [6.45, 7) is 0. The average molecular weight is 239 g/mol. The lowest BCUT2D eigenvalue weighted by atomic mass is 10.1. The van der Waals surface area contributed by atoms with Crippen molar-refractivity contribution in [2.45, 2.75) is 4.90 Å². The third-order valence-electron chi connectivity index (χ3n) is 2.24. The first-order valence-electron chi connectivity index (χ1n) is 4.38. The minimum absolute atomic E-state index is 0.278. The number of nitrogens with two attached hydrogens (primary N) is 1. The van der Waals surface area contributed by atoms with Gasteiger partial charge in [0.05, 0.1) is 0 Å². The molecule has 0 aliphatic carbocycles. The van der Waals surface area contributed by atoms with Crippen LogP contribution in [0.25, 0.3) is 10.8 Å². The van der Waals surface area contributed by atoms with Crippen LogP contribution < -0.4 is 5.14 Å². The van der Waals surface area contributed by atoms with Gasteiger partial charge in [-0.3, -0.25) is 0 Å². The molecule has 0 bridgehead atoms. The van der Waals surface area contributed by atoms with Gasteiger partial charge in [-0.15, -0.1) is 0 Å². The SMILES string of the molecule is NS(=O)(=O)c1c(O)c(O)cc2ccccc12. The second kappa shape index (κ2) is 3.36. The van der Waals surface area contributed by atoms with E-state index in [1.54, 1.807) is 18.2 Å². The molecule has 0 atom stereocenters. The Balaban J connectivity index is 3.05. The number of phenols is 2. The van der Waals surface area contributed by atoms with E-state index in [2.05, 4.69) is 0 Å². The van der Waals surface area contributed by atoms with E-state index in [0.29, 0.717) is 5.39 Å². The van der Waals surface area contributed by atoms with Gasteiger partial charge in [-0.2, -0.15) is 0 Å². The van der Waals surface area contributed by atoms with E-state index in [1.807, 2.05) is 0 Å². The number of hydrogen-bond donors (Lipinski definition) is 3. The molecule has 0 amide bonds. The highest BCUT2D eigenvalue weighted by Gasteiger charge is 2.20. The van der Waals surface area contributed by atoms with E-state index in [4.69, 9.17) is 5.14 Å². The van der Waals surface area contributed by atoms with E-state index in [-0.39, 0.29) is 5.39 Å². The zero-order chi connectivity index (χ0) is 11.9. The van der Waals surface area contributed by atoms with Crippen molar-refractivity contribution in [1.82, 2.24) is 0 Å². The highest BCUT2D eigenvalue weighted by Crippen LogP contribution is 2.37. The van der Waals surface area contributed by atoms with Crippen LogP contribution in [0.5, 0.6) is 11.5 Å². The minimum atomic E-state index is -4.09. The zero-order valence-corrected chi connectivity index (χ0v) is 8.90. The summed E-state index contributed by atoms with van der Waals surface area (Å²) >= 11 is 0. The van der Waals surface area contributed by atoms with Gasteiger partial charge in [0, 0.05) is 5.39 Å². The molecule has 2 aromatic carbocycles. The molecule has 2 aromatic rings. The Labute approximate surface area is 91.8 Å². The zero-order valence-electron chi connectivity index (χ0n) is 8.08. The number of fused-ring (bicyclic) bond motifs is 1. The van der Waals surface area contributed by atoms with Gasteiger partial charge in [0.2, 0.25) is 10.0 Å². The van der Waals surface area contributed by atoms with Crippen molar-refractivity contribution in [2.75, 3.05) is 0 Å². The Hall–Kier alpha value is -1.79. The van der Waals surface area contributed by atoms with Gasteiger partial charge >= 0.3 is 0 Å². The topological polar surface area (TPSA) is 101 Å². The molecule has 5 nitrogen and oxygen atoms in total. The Bertz CT molecular complexity index is 664. The second-order valence-electron chi connectivity index (χ2n) is 3.34. The minimum Gasteiger partial charge on any atom is -0.504 e. The fraction of sp³-hybridized carbons (Fsp3) is 0. The number of aromatic hydroxyl groups is 2. The summed E-state index contributed by atoms with van der Waals surface area (Å²) in [5, 5.41) is 24.7. The van der Waals surface area contributed by atoms with Crippen LogP contribution in [-0.2, 0) is 10.0 Å². The van der Waals surface area contributed by atoms with Crippen LogP contribution in [0.3, 0.4) is 0 Å². The molecule has 0 saturated heterocycles. The van der Waals surface area contributed by atoms with Gasteiger partial charge in [0.25, 0.3) is 0 Å². The normalized spacial score (nSPS) is 11.8. The predicted octanol–water partition coefficient (Wildman–Crippen LogP) is 0.898. The lowest BCUT2D eigenvalue weighted by molar-refractivity contribution is 0.395. The fourth-order valence-electron chi connectivity index (χ4n) is 1.58. The van der Waals surface area contributed by atoms with Gasteiger partial charge < -0.3 is 10.2 Å². The average Bonchev–Trinajstić information content (AvgIpc) is 2.17. The maximum Gasteiger partial charge on any atom is 0.242 e. The molecule has 0 aliphatic rings. The molecule has 4 N–H and O–H groups in total. The van der Waals surface area contributed by atoms with Crippen LogP contribution in [0, 0.1) is 0 Å². The van der Waals surface area contributed by atoms with Gasteiger partial charge in [0.1, 0.15) is 4.90 Å². The van der Waals surface area contributed by atoms with Crippen molar-refractivity contribution in [2.24, 2.45) is 5.14 Å². The molecule has 84 valence electrons. The highest BCUT2D eigenvalue weighted by atomic mass is 32.2. The van der Waals surface area contributed by atoms with Crippen LogP contribution in [0.4, 0.5) is 0 Å². The molecular formula is C10H9NO4S. The molecule has 2 rings (SSSR count). The van der Waals surface area contributed by atoms with E-state index in [1.165, 1.54) is 12.1 Å². The molecule has 6 heteroatoms. The lowest BCUT2D eigenvalue weighted by Crippen LogP contribution is -2.12. The summed E-state index contributed by atoms with van der Waals surface area (Å²) in [5.74, 6) is -1.23. The molecule has 16 heavy (non-hydrogen) atoms. The van der Waals surface area contributed by atoms with Gasteiger partial charge in [-0.1, -0.05) is 24.3 Å². The molecule has 0 heterocycles. The summed E-state index contributed by atoms with van der Waals surface area (Å²) in [4.78, 5) is -0.455. The molecule has 0 spiro atoms. The van der Waals surface area contributed by atoms with E-state index in [0.717, 1.165) is 0 Å². The number of primary sulfonamides is 1. The van der Waals surface area contributed by atoms with Crippen molar-refractivity contribution in [1.29, 1.82) is 0 Å². The summed E-state index contributed by atoms with van der Waals surface area (Å²) in [5.41, 5.74) is 0. The first-order chi connectivity index (χ1) is 7.41. The third kappa shape index (κ3) is 1.58. The number of hydrogen-bond acceptors (Lipinski definition) is 4. The standard InChI is InChI=1S/C10H9NO4S/c11-16(14,15)10-7-4-2-1-3-6(7)5-8(12)9(10)13/h1-5,12-13H,(H2,11,14,15). The quantitative estimate of drug-likeness (QED) is 0.643. The van der Waals surface area contributed by atoms with Crippen LogP contribution in [0.2, 0.25) is 0 Å². The second-order valence-corrected chi connectivity index (χ2v) is 4.84. The number of phenolic OH excluding ortho intramolecular Hbond substituents is 2. The Morgan fingerprint density at radius 3 is 2.38 bits per heavy atom. The van der Waals surface area contributed by atoms with Crippen molar-refractivity contribution in [3.05, 3.63) is 30.3 Å². The molecule has 0 unspecified atom stereocenters. The first-order valence-corrected chi connectivity index (χ1v) is 5.92. The van der Waals surface area contributed by atoms with E-state index < -0.39 is 26.4 Å². The van der Waals surface area contributed by atoms with Crippen molar-refractivity contribution in [3.63, 3.8) is 0 Å². The van der Waals surface area contributed by atoms with Crippen molar-refractivity contribution < 1.29 is 18.6 Å². The monoisotopic (exact) mass is 239 g/mol. The maximum atomic E-state index is 11.3. The smallest absolute Gasteiger partial charge is 0.242 e. The van der Waals surface area contributed by atoms with Crippen LogP contribution in [0.15, 0.2) is 35.2 Å². The maximum absolute atomic E-state index is 11.3. The number of rotatable bonds is 1. The van der Waals surface area contributed by atoms with Crippen molar-refractivity contribution >= 4 is 20.8 Å². The molecular weight excluding hydrogens is 230 g/mol. The number of benzene rings is 2. The summed E-state index contributed by atoms with van der Waals surface area (Å²) < 4.78 is 22.7. The third-order valence-corrected chi connectivity index (χ3v) is 3.22. The van der Waals surface area contributed by atoms with Crippen LogP contribution >= 0.6 is 0 Å². The Kier molecular flexibility index (Phi) is 2.25. The molecule has 0 radical (unpaired) electrons. The largest absolute Gasteiger partial charge is 0.504 e. The van der Waals surface area contributed by atoms with Gasteiger partial charge in [-0.25, -0.2) is 13.6 Å². The Morgan fingerprint density at radius 2 is 1.75 bits per heavy atom. The number of sulfonamides is 1. The molecule has 0 fully saturated rings. The molecule has 0 aliphatic heterocycles. The van der Waals surface area contributed by atoms with E-state index in [9.17, 15) is 18.6 Å². The van der Waals surface area contributed by atoms with E-state index >= 15 is 0 Å². The lowest BCUT2D eigenvalue weighted by Gasteiger charge is -2.08. The Morgan fingerprint density at radius 1 is 1.12 bits per heavy atom. The van der Waals surface area contributed by atoms with Crippen LogP contribution in [0.1, 0.15) is 0 Å². The predicted molar refractivity (Wildman–Crippen MR) is 58.7 cm³/mol. The van der Waals surface area contributed by atoms with Crippen molar-refractivity contribution in [3.8, 4) is 11.5 Å². The summed E-state index contributed by atoms with van der Waals surface area (Å²) in [7, 11) is -4.09. The highest BCUT2D eigenvalue weighted by molar-refractivity contribution is 7.89.